The summed E-state index contributed by atoms with van der Waals surface area (Å²) in [6.45, 7) is 5.56. The van der Waals surface area contributed by atoms with Gasteiger partial charge in [0.1, 0.15) is 0 Å². The molecule has 1 N–H and O–H groups in total. The molecule has 1 fully saturated rings. The molecule has 1 aliphatic heterocycles. The summed E-state index contributed by atoms with van der Waals surface area (Å²) in [7, 11) is 0. The standard InChI is InChI=1S/C27H27N5O2/c1-18(2)32-25-22(17-28-32)21(16-24(29-25)19-10-4-3-5-11-19)26(33)30-23-13-7-6-12-20(23)27(34)31-14-8-9-15-31/h3-7,10-13,16-18H,8-9,14-15H2,1-2H3,(H,30,33). The zero-order chi connectivity index (χ0) is 23.7. The molecule has 2 amide bonds. The number of anilines is 1. The number of benzene rings is 2. The van der Waals surface area contributed by atoms with Crippen molar-refractivity contribution in [3.63, 3.8) is 0 Å². The molecule has 2 aromatic carbocycles. The van der Waals surface area contributed by atoms with Gasteiger partial charge in [-0.05, 0) is 44.9 Å². The van der Waals surface area contributed by atoms with Crippen molar-refractivity contribution in [2.45, 2.75) is 32.7 Å². The normalized spacial score (nSPS) is 13.6. The molecule has 34 heavy (non-hydrogen) atoms. The molecule has 1 saturated heterocycles. The predicted molar refractivity (Wildman–Crippen MR) is 133 cm³/mol. The zero-order valence-corrected chi connectivity index (χ0v) is 19.4. The summed E-state index contributed by atoms with van der Waals surface area (Å²) in [4.78, 5) is 33.3. The Labute approximate surface area is 198 Å². The molecule has 0 atom stereocenters. The summed E-state index contributed by atoms with van der Waals surface area (Å²) in [6.07, 6.45) is 3.71. The predicted octanol–water partition coefficient (Wildman–Crippen LogP) is 5.17. The minimum absolute atomic E-state index is 0.0501. The van der Waals surface area contributed by atoms with E-state index in [1.54, 1.807) is 24.4 Å². The molecule has 1 aliphatic rings. The first-order valence-electron chi connectivity index (χ1n) is 11.7. The highest BCUT2D eigenvalue weighted by Gasteiger charge is 2.24. The molecule has 0 saturated carbocycles. The smallest absolute Gasteiger partial charge is 0.256 e. The maximum Gasteiger partial charge on any atom is 0.256 e. The Kier molecular flexibility index (Phi) is 5.84. The van der Waals surface area contributed by atoms with E-state index in [4.69, 9.17) is 4.98 Å². The van der Waals surface area contributed by atoms with Crippen molar-refractivity contribution >= 4 is 28.5 Å². The molecule has 4 aromatic rings. The molecular weight excluding hydrogens is 426 g/mol. The van der Waals surface area contributed by atoms with Crippen molar-refractivity contribution in [1.29, 1.82) is 0 Å². The summed E-state index contributed by atoms with van der Waals surface area (Å²) in [6, 6.07) is 18.8. The number of rotatable bonds is 5. The van der Waals surface area contributed by atoms with E-state index in [1.165, 1.54) is 0 Å². The first-order chi connectivity index (χ1) is 16.5. The SMILES string of the molecule is CC(C)n1ncc2c(C(=O)Nc3ccccc3C(=O)N3CCCC3)cc(-c3ccccc3)nc21. The van der Waals surface area contributed by atoms with Crippen LogP contribution in [-0.2, 0) is 0 Å². The van der Waals surface area contributed by atoms with Gasteiger partial charge >= 0.3 is 0 Å². The van der Waals surface area contributed by atoms with E-state index >= 15 is 0 Å². The molecule has 0 unspecified atom stereocenters. The van der Waals surface area contributed by atoms with Gasteiger partial charge in [0.25, 0.3) is 11.8 Å². The van der Waals surface area contributed by atoms with Gasteiger partial charge in [0, 0.05) is 24.7 Å². The number of carbonyl (C=O) groups excluding carboxylic acids is 2. The molecule has 7 heteroatoms. The number of hydrogen-bond acceptors (Lipinski definition) is 4. The third-order valence-corrected chi connectivity index (χ3v) is 6.17. The van der Waals surface area contributed by atoms with Gasteiger partial charge < -0.3 is 10.2 Å². The number of para-hydroxylation sites is 1. The van der Waals surface area contributed by atoms with E-state index < -0.39 is 0 Å². The summed E-state index contributed by atoms with van der Waals surface area (Å²) >= 11 is 0. The number of fused-ring (bicyclic) bond motifs is 1. The van der Waals surface area contributed by atoms with Gasteiger partial charge in [-0.2, -0.15) is 5.10 Å². The fourth-order valence-electron chi connectivity index (χ4n) is 4.40. The van der Waals surface area contributed by atoms with E-state index in [2.05, 4.69) is 10.4 Å². The van der Waals surface area contributed by atoms with Crippen LogP contribution in [0.15, 0.2) is 66.9 Å². The average molecular weight is 454 g/mol. The van der Waals surface area contributed by atoms with Gasteiger partial charge in [-0.25, -0.2) is 9.67 Å². The molecule has 7 nitrogen and oxygen atoms in total. The summed E-state index contributed by atoms with van der Waals surface area (Å²) in [5.74, 6) is -0.347. The fraction of sp³-hybridized carbons (Fsp3) is 0.259. The summed E-state index contributed by atoms with van der Waals surface area (Å²) in [5, 5.41) is 8.16. The van der Waals surface area contributed by atoms with Crippen molar-refractivity contribution < 1.29 is 9.59 Å². The van der Waals surface area contributed by atoms with Crippen molar-refractivity contribution in [2.24, 2.45) is 0 Å². The van der Waals surface area contributed by atoms with Gasteiger partial charge in [-0.15, -0.1) is 0 Å². The van der Waals surface area contributed by atoms with Crippen LogP contribution in [0.1, 0.15) is 53.4 Å². The fourth-order valence-corrected chi connectivity index (χ4v) is 4.40. The Morgan fingerprint density at radius 1 is 0.941 bits per heavy atom. The molecule has 2 aromatic heterocycles. The topological polar surface area (TPSA) is 80.1 Å². The lowest BCUT2D eigenvalue weighted by Crippen LogP contribution is -2.28. The molecule has 3 heterocycles. The van der Waals surface area contributed by atoms with Gasteiger partial charge in [-0.1, -0.05) is 42.5 Å². The summed E-state index contributed by atoms with van der Waals surface area (Å²) in [5.41, 5.74) is 3.75. The van der Waals surface area contributed by atoms with E-state index in [0.29, 0.717) is 33.5 Å². The minimum atomic E-state index is -0.297. The van der Waals surface area contributed by atoms with Crippen molar-refractivity contribution in [1.82, 2.24) is 19.7 Å². The van der Waals surface area contributed by atoms with Crippen LogP contribution in [0.2, 0.25) is 0 Å². The number of amides is 2. The molecule has 0 spiro atoms. The van der Waals surface area contributed by atoms with Crippen LogP contribution in [0, 0.1) is 0 Å². The molecule has 5 rings (SSSR count). The van der Waals surface area contributed by atoms with E-state index in [0.717, 1.165) is 31.5 Å². The first-order valence-corrected chi connectivity index (χ1v) is 11.7. The number of carbonyl (C=O) groups is 2. The lowest BCUT2D eigenvalue weighted by atomic mass is 10.1. The van der Waals surface area contributed by atoms with Gasteiger partial charge in [0.15, 0.2) is 5.65 Å². The highest BCUT2D eigenvalue weighted by atomic mass is 16.2. The lowest BCUT2D eigenvalue weighted by Gasteiger charge is -2.18. The van der Waals surface area contributed by atoms with Gasteiger partial charge in [-0.3, -0.25) is 9.59 Å². The number of pyridine rings is 1. The van der Waals surface area contributed by atoms with Crippen LogP contribution < -0.4 is 5.32 Å². The van der Waals surface area contributed by atoms with Crippen LogP contribution in [0.4, 0.5) is 5.69 Å². The third kappa shape index (κ3) is 4.05. The second-order valence-corrected chi connectivity index (χ2v) is 8.84. The maximum atomic E-state index is 13.6. The molecule has 172 valence electrons. The number of nitrogens with one attached hydrogen (secondary N) is 1. The van der Waals surface area contributed by atoms with Crippen molar-refractivity contribution in [2.75, 3.05) is 18.4 Å². The molecule has 0 aliphatic carbocycles. The average Bonchev–Trinajstić information content (AvgIpc) is 3.54. The zero-order valence-electron chi connectivity index (χ0n) is 19.4. The molecule has 0 bridgehead atoms. The van der Waals surface area contributed by atoms with Crippen molar-refractivity contribution in [3.8, 4) is 11.3 Å². The van der Waals surface area contributed by atoms with Crippen LogP contribution >= 0.6 is 0 Å². The lowest BCUT2D eigenvalue weighted by molar-refractivity contribution is 0.0794. The van der Waals surface area contributed by atoms with E-state index in [1.807, 2.05) is 65.9 Å². The Morgan fingerprint density at radius 2 is 1.65 bits per heavy atom. The quantitative estimate of drug-likeness (QED) is 0.452. The van der Waals surface area contributed by atoms with Crippen LogP contribution in [0.5, 0.6) is 0 Å². The highest BCUT2D eigenvalue weighted by molar-refractivity contribution is 6.14. The van der Waals surface area contributed by atoms with Crippen LogP contribution in [-0.4, -0.2) is 44.6 Å². The van der Waals surface area contributed by atoms with Crippen LogP contribution in [0.3, 0.4) is 0 Å². The summed E-state index contributed by atoms with van der Waals surface area (Å²) < 4.78 is 1.82. The minimum Gasteiger partial charge on any atom is -0.339 e. The van der Waals surface area contributed by atoms with E-state index in [-0.39, 0.29) is 17.9 Å². The highest BCUT2D eigenvalue weighted by Crippen LogP contribution is 2.28. The molecular formula is C27H27N5O2. The third-order valence-electron chi connectivity index (χ3n) is 6.17. The Hall–Kier alpha value is -4.00. The molecule has 0 radical (unpaired) electrons. The van der Waals surface area contributed by atoms with Gasteiger partial charge in [0.2, 0.25) is 0 Å². The first kappa shape index (κ1) is 21.8. The largest absolute Gasteiger partial charge is 0.339 e. The van der Waals surface area contributed by atoms with E-state index in [9.17, 15) is 9.59 Å². The van der Waals surface area contributed by atoms with Crippen LogP contribution in [0.25, 0.3) is 22.3 Å². The van der Waals surface area contributed by atoms with Gasteiger partial charge in [0.05, 0.1) is 34.1 Å². The maximum absolute atomic E-state index is 13.6. The number of hydrogen-bond donors (Lipinski definition) is 1. The second-order valence-electron chi connectivity index (χ2n) is 8.84. The van der Waals surface area contributed by atoms with Crippen molar-refractivity contribution in [3.05, 3.63) is 78.0 Å². The number of likely N-dealkylation sites (tertiary alicyclic amines) is 1. The monoisotopic (exact) mass is 453 g/mol. The number of nitrogens with zero attached hydrogens (tertiary/aromatic N) is 4. The number of aromatic nitrogens is 3. The Morgan fingerprint density at radius 3 is 2.38 bits per heavy atom. The Balaban J connectivity index is 1.56. The Bertz CT molecular complexity index is 1350. The second kappa shape index (κ2) is 9.09.